The van der Waals surface area contributed by atoms with E-state index >= 15 is 0 Å². The van der Waals surface area contributed by atoms with Gasteiger partial charge in [-0.2, -0.15) is 15.5 Å². The highest BCUT2D eigenvalue weighted by Gasteiger charge is 2.23. The maximum absolute atomic E-state index is 12.1. The molecule has 0 atom stereocenters. The Bertz CT molecular complexity index is 1040. The van der Waals surface area contributed by atoms with Crippen molar-refractivity contribution in [3.05, 3.63) is 58.5 Å². The molecular weight excluding hydrogens is 384 g/mol. The summed E-state index contributed by atoms with van der Waals surface area (Å²) in [5.74, 6) is -2.54. The van der Waals surface area contributed by atoms with Gasteiger partial charge in [0.1, 0.15) is 11.8 Å². The molecule has 0 aliphatic rings. The Labute approximate surface area is 165 Å². The number of nitrogens with zero attached hydrogens (tertiary/aromatic N) is 4. The summed E-state index contributed by atoms with van der Waals surface area (Å²) in [6, 6.07) is 10.2. The van der Waals surface area contributed by atoms with Gasteiger partial charge in [0.25, 0.3) is 5.91 Å². The van der Waals surface area contributed by atoms with Crippen molar-refractivity contribution >= 4 is 17.5 Å². The van der Waals surface area contributed by atoms with Crippen LogP contribution in [0.2, 0.25) is 5.02 Å². The molecule has 1 aromatic carbocycles. The Morgan fingerprint density at radius 1 is 1.39 bits per heavy atom. The van der Waals surface area contributed by atoms with Crippen LogP contribution in [0.4, 0.5) is 0 Å². The van der Waals surface area contributed by atoms with Gasteiger partial charge in [-0.1, -0.05) is 17.7 Å². The zero-order valence-electron chi connectivity index (χ0n) is 14.8. The number of hydrogen-bond acceptors (Lipinski definition) is 6. The van der Waals surface area contributed by atoms with Gasteiger partial charge in [0.05, 0.1) is 28.5 Å². The topological polar surface area (TPSA) is 140 Å². The third-order valence-electron chi connectivity index (χ3n) is 3.97. The molecule has 4 N–H and O–H groups in total. The molecule has 0 unspecified atom stereocenters. The van der Waals surface area contributed by atoms with Crippen molar-refractivity contribution in [1.29, 1.82) is 5.26 Å². The number of rotatable bonds is 6. The summed E-state index contributed by atoms with van der Waals surface area (Å²) in [6.45, 7) is 1.88. The van der Waals surface area contributed by atoms with E-state index in [1.54, 1.807) is 29.1 Å². The Morgan fingerprint density at radius 2 is 2.18 bits per heavy atom. The van der Waals surface area contributed by atoms with Gasteiger partial charge in [0, 0.05) is 18.3 Å². The molecule has 2 aromatic heterocycles. The van der Waals surface area contributed by atoms with Crippen molar-refractivity contribution in [2.45, 2.75) is 19.3 Å². The molecule has 2 heterocycles. The Kier molecular flexibility index (Phi) is 5.46. The second-order valence-electron chi connectivity index (χ2n) is 6.21. The van der Waals surface area contributed by atoms with Crippen molar-refractivity contribution in [3.8, 4) is 17.3 Å². The van der Waals surface area contributed by atoms with Gasteiger partial charge < -0.3 is 15.5 Å². The van der Waals surface area contributed by atoms with E-state index in [-0.39, 0.29) is 11.4 Å². The van der Waals surface area contributed by atoms with E-state index < -0.39 is 11.7 Å². The van der Waals surface area contributed by atoms with Gasteiger partial charge in [-0.25, -0.2) is 0 Å². The Morgan fingerprint density at radius 3 is 2.82 bits per heavy atom. The van der Waals surface area contributed by atoms with E-state index in [4.69, 9.17) is 16.9 Å². The number of H-pyrrole nitrogens is 1. The summed E-state index contributed by atoms with van der Waals surface area (Å²) in [5.41, 5.74) is 1.96. The molecular formula is C18H17ClN6O3. The van der Waals surface area contributed by atoms with E-state index in [9.17, 15) is 15.0 Å². The molecule has 0 bridgehead atoms. The zero-order valence-corrected chi connectivity index (χ0v) is 15.6. The first kappa shape index (κ1) is 19.6. The Balaban J connectivity index is 1.57. The number of nitriles is 1. The summed E-state index contributed by atoms with van der Waals surface area (Å²) in [6.07, 6.45) is 1.77. The number of aromatic amines is 1. The molecule has 144 valence electrons. The molecule has 9 nitrogen and oxygen atoms in total. The molecule has 0 aliphatic heterocycles. The van der Waals surface area contributed by atoms with Crippen molar-refractivity contribution < 1.29 is 15.0 Å². The van der Waals surface area contributed by atoms with Crippen LogP contribution in [-0.4, -0.2) is 42.6 Å². The minimum Gasteiger partial charge on any atom is -0.361 e. The van der Waals surface area contributed by atoms with Crippen LogP contribution >= 0.6 is 11.6 Å². The normalized spacial score (nSPS) is 11.2. The number of carbonyl (C=O) groups is 1. The molecule has 28 heavy (non-hydrogen) atoms. The number of hydrogen-bond donors (Lipinski definition) is 4. The van der Waals surface area contributed by atoms with Gasteiger partial charge in [0.15, 0.2) is 0 Å². The lowest BCUT2D eigenvalue weighted by Gasteiger charge is -2.11. The van der Waals surface area contributed by atoms with Crippen LogP contribution < -0.4 is 5.32 Å². The summed E-state index contributed by atoms with van der Waals surface area (Å²) >= 11 is 6.05. The number of amides is 1. The highest BCUT2D eigenvalue weighted by atomic mass is 35.5. The van der Waals surface area contributed by atoms with E-state index in [2.05, 4.69) is 20.6 Å². The fourth-order valence-corrected chi connectivity index (χ4v) is 2.68. The van der Waals surface area contributed by atoms with Gasteiger partial charge >= 0.3 is 0 Å². The smallest absolute Gasteiger partial charge is 0.271 e. The fourth-order valence-electron chi connectivity index (χ4n) is 2.46. The number of benzene rings is 1. The van der Waals surface area contributed by atoms with Crippen molar-refractivity contribution in [2.75, 3.05) is 6.54 Å². The number of nitrogens with one attached hydrogen (secondary N) is 2. The summed E-state index contributed by atoms with van der Waals surface area (Å²) in [7, 11) is 0. The van der Waals surface area contributed by atoms with Crippen LogP contribution in [-0.2, 0) is 12.3 Å². The predicted molar refractivity (Wildman–Crippen MR) is 100 cm³/mol. The molecule has 0 fully saturated rings. The lowest BCUT2D eigenvalue weighted by molar-refractivity contribution is -0.155. The SMILES string of the molecule is CC(O)(O)c1cc(C(=O)NCCn2ccc(-c3ccc(C#N)c(Cl)c3)n2)n[nH]1. The molecule has 0 spiro atoms. The second kappa shape index (κ2) is 7.82. The van der Waals surface area contributed by atoms with Crippen LogP contribution in [0.1, 0.15) is 28.7 Å². The van der Waals surface area contributed by atoms with E-state index in [1.165, 1.54) is 13.0 Å². The van der Waals surface area contributed by atoms with E-state index in [1.807, 2.05) is 12.1 Å². The van der Waals surface area contributed by atoms with Gasteiger partial charge in [-0.05, 0) is 31.2 Å². The largest absolute Gasteiger partial charge is 0.361 e. The van der Waals surface area contributed by atoms with Gasteiger partial charge in [0.2, 0.25) is 5.79 Å². The van der Waals surface area contributed by atoms with E-state index in [0.717, 1.165) is 5.56 Å². The average Bonchev–Trinajstić information content (AvgIpc) is 3.31. The Hall–Kier alpha value is -3.19. The van der Waals surface area contributed by atoms with Gasteiger partial charge in [-0.3, -0.25) is 14.6 Å². The summed E-state index contributed by atoms with van der Waals surface area (Å²) in [5, 5.41) is 41.5. The highest BCUT2D eigenvalue weighted by Crippen LogP contribution is 2.24. The maximum Gasteiger partial charge on any atom is 0.271 e. The average molecular weight is 401 g/mol. The maximum atomic E-state index is 12.1. The standard InChI is InChI=1S/C18H17ClN6O3/c1-18(27,28)16-9-15(22-23-16)17(26)21-5-7-25-6-4-14(24-25)11-2-3-12(10-20)13(19)8-11/h2-4,6,8-9,27-28H,5,7H2,1H3,(H,21,26)(H,22,23). The first-order valence-electron chi connectivity index (χ1n) is 8.30. The first-order valence-corrected chi connectivity index (χ1v) is 8.68. The van der Waals surface area contributed by atoms with Gasteiger partial charge in [-0.15, -0.1) is 0 Å². The van der Waals surface area contributed by atoms with Crippen LogP contribution in [0.3, 0.4) is 0 Å². The van der Waals surface area contributed by atoms with Crippen LogP contribution in [0.5, 0.6) is 0 Å². The van der Waals surface area contributed by atoms with Crippen molar-refractivity contribution in [2.24, 2.45) is 0 Å². The molecule has 0 saturated heterocycles. The third kappa shape index (κ3) is 4.37. The van der Waals surface area contributed by atoms with Crippen LogP contribution in [0.15, 0.2) is 36.5 Å². The predicted octanol–water partition coefficient (Wildman–Crippen LogP) is 1.39. The molecule has 3 rings (SSSR count). The monoisotopic (exact) mass is 400 g/mol. The highest BCUT2D eigenvalue weighted by molar-refractivity contribution is 6.32. The third-order valence-corrected chi connectivity index (χ3v) is 4.29. The molecule has 0 radical (unpaired) electrons. The molecule has 1 amide bonds. The van der Waals surface area contributed by atoms with E-state index in [0.29, 0.717) is 29.4 Å². The minimum atomic E-state index is -2.09. The van der Waals surface area contributed by atoms with Crippen molar-refractivity contribution in [3.63, 3.8) is 0 Å². The lowest BCUT2D eigenvalue weighted by atomic mass is 10.1. The van der Waals surface area contributed by atoms with Crippen molar-refractivity contribution in [1.82, 2.24) is 25.3 Å². The molecule has 0 aliphatic carbocycles. The number of carbonyl (C=O) groups excluding carboxylic acids is 1. The number of aromatic nitrogens is 4. The summed E-state index contributed by atoms with van der Waals surface area (Å²) in [4.78, 5) is 12.1. The number of aliphatic hydroxyl groups is 2. The summed E-state index contributed by atoms with van der Waals surface area (Å²) < 4.78 is 1.66. The molecule has 3 aromatic rings. The second-order valence-corrected chi connectivity index (χ2v) is 6.62. The first-order chi connectivity index (χ1) is 13.3. The quantitative estimate of drug-likeness (QED) is 0.461. The minimum absolute atomic E-state index is 0.0236. The van der Waals surface area contributed by atoms with Crippen LogP contribution in [0, 0.1) is 11.3 Å². The lowest BCUT2D eigenvalue weighted by Crippen LogP contribution is -2.27. The zero-order chi connectivity index (χ0) is 20.3. The molecule has 10 heteroatoms. The fraction of sp³-hybridized carbons (Fsp3) is 0.222. The molecule has 0 saturated carbocycles. The number of halogens is 1. The van der Waals surface area contributed by atoms with Crippen LogP contribution in [0.25, 0.3) is 11.3 Å².